The van der Waals surface area contributed by atoms with Gasteiger partial charge in [0.25, 0.3) is 15.9 Å². The zero-order valence-corrected chi connectivity index (χ0v) is 17.0. The van der Waals surface area contributed by atoms with Gasteiger partial charge in [0.15, 0.2) is 0 Å². The summed E-state index contributed by atoms with van der Waals surface area (Å²) in [5.41, 5.74) is 2.39. The number of anilines is 1. The molecule has 0 aliphatic carbocycles. The molecule has 144 valence electrons. The standard InChI is InChI=1S/C20H23ClN2O3S/c1-14-7-9-17(13-18(14)20(24)23-10-4-3-5-11-23)27(25,26)22-19-12-16(21)8-6-15(19)2/h6-9,12-13,22H,3-5,10-11H2,1-2H3. The lowest BCUT2D eigenvalue weighted by molar-refractivity contribution is 0.0723. The number of halogens is 1. The topological polar surface area (TPSA) is 66.5 Å². The van der Waals surface area contributed by atoms with Crippen LogP contribution in [0.3, 0.4) is 0 Å². The van der Waals surface area contributed by atoms with Crippen LogP contribution >= 0.6 is 11.6 Å². The van der Waals surface area contributed by atoms with E-state index >= 15 is 0 Å². The molecule has 0 unspecified atom stereocenters. The number of carbonyl (C=O) groups excluding carboxylic acids is 1. The minimum atomic E-state index is -3.84. The number of likely N-dealkylation sites (tertiary alicyclic amines) is 1. The van der Waals surface area contributed by atoms with E-state index in [2.05, 4.69) is 4.72 Å². The molecule has 0 spiro atoms. The van der Waals surface area contributed by atoms with Gasteiger partial charge in [-0.15, -0.1) is 0 Å². The van der Waals surface area contributed by atoms with E-state index in [1.165, 1.54) is 12.1 Å². The maximum absolute atomic E-state index is 12.9. The van der Waals surface area contributed by atoms with Crippen molar-refractivity contribution in [2.45, 2.75) is 38.0 Å². The highest BCUT2D eigenvalue weighted by molar-refractivity contribution is 7.92. The van der Waals surface area contributed by atoms with Gasteiger partial charge < -0.3 is 4.90 Å². The van der Waals surface area contributed by atoms with Crippen LogP contribution in [0.25, 0.3) is 0 Å². The Balaban J connectivity index is 1.92. The molecule has 3 rings (SSSR count). The molecule has 7 heteroatoms. The third kappa shape index (κ3) is 4.45. The Morgan fingerprint density at radius 1 is 1.00 bits per heavy atom. The summed E-state index contributed by atoms with van der Waals surface area (Å²) in [6.07, 6.45) is 3.09. The molecular formula is C20H23ClN2O3S. The molecule has 27 heavy (non-hydrogen) atoms. The summed E-state index contributed by atoms with van der Waals surface area (Å²) < 4.78 is 28.3. The van der Waals surface area contributed by atoms with Gasteiger partial charge in [-0.3, -0.25) is 9.52 Å². The number of sulfonamides is 1. The van der Waals surface area contributed by atoms with Crippen molar-refractivity contribution in [2.24, 2.45) is 0 Å². The van der Waals surface area contributed by atoms with Gasteiger partial charge in [0, 0.05) is 23.7 Å². The fourth-order valence-corrected chi connectivity index (χ4v) is 4.49. The van der Waals surface area contributed by atoms with Gasteiger partial charge in [-0.2, -0.15) is 0 Å². The second-order valence-electron chi connectivity index (χ2n) is 6.89. The fourth-order valence-electron chi connectivity index (χ4n) is 3.17. The SMILES string of the molecule is Cc1ccc(Cl)cc1NS(=O)(=O)c1ccc(C)c(C(=O)N2CCCCC2)c1. The Hall–Kier alpha value is -2.05. The molecule has 0 bridgehead atoms. The van der Waals surface area contributed by atoms with Crippen LogP contribution in [0.15, 0.2) is 41.3 Å². The van der Waals surface area contributed by atoms with Crippen LogP contribution in [-0.2, 0) is 10.0 Å². The van der Waals surface area contributed by atoms with Gasteiger partial charge in [-0.05, 0) is 68.5 Å². The first-order valence-electron chi connectivity index (χ1n) is 8.97. The Labute approximate surface area is 165 Å². The van der Waals surface area contributed by atoms with E-state index in [1.807, 2.05) is 6.92 Å². The number of nitrogens with one attached hydrogen (secondary N) is 1. The zero-order valence-electron chi connectivity index (χ0n) is 15.5. The molecule has 1 amide bonds. The molecule has 1 fully saturated rings. The second-order valence-corrected chi connectivity index (χ2v) is 9.01. The van der Waals surface area contributed by atoms with Crippen LogP contribution in [0, 0.1) is 13.8 Å². The number of aryl methyl sites for hydroxylation is 2. The van der Waals surface area contributed by atoms with E-state index in [4.69, 9.17) is 11.6 Å². The van der Waals surface area contributed by atoms with Crippen molar-refractivity contribution in [3.05, 3.63) is 58.1 Å². The smallest absolute Gasteiger partial charge is 0.261 e. The summed E-state index contributed by atoms with van der Waals surface area (Å²) in [6, 6.07) is 9.69. The van der Waals surface area contributed by atoms with Crippen molar-refractivity contribution in [1.82, 2.24) is 4.90 Å². The zero-order chi connectivity index (χ0) is 19.6. The predicted octanol–water partition coefficient (Wildman–Crippen LogP) is 4.38. The number of benzene rings is 2. The van der Waals surface area contributed by atoms with Gasteiger partial charge in [0.05, 0.1) is 10.6 Å². The highest BCUT2D eigenvalue weighted by Gasteiger charge is 2.23. The summed E-state index contributed by atoms with van der Waals surface area (Å²) in [5, 5.41) is 0.447. The third-order valence-corrected chi connectivity index (χ3v) is 6.44. The lowest BCUT2D eigenvalue weighted by Gasteiger charge is -2.27. The van der Waals surface area contributed by atoms with E-state index in [1.54, 1.807) is 36.1 Å². The van der Waals surface area contributed by atoms with Crippen molar-refractivity contribution in [2.75, 3.05) is 17.8 Å². The highest BCUT2D eigenvalue weighted by atomic mass is 35.5. The summed E-state index contributed by atoms with van der Waals surface area (Å²) in [6.45, 7) is 5.06. The van der Waals surface area contributed by atoms with Gasteiger partial charge in [-0.25, -0.2) is 8.42 Å². The molecule has 1 aliphatic rings. The van der Waals surface area contributed by atoms with E-state index in [9.17, 15) is 13.2 Å². The number of rotatable bonds is 4. The van der Waals surface area contributed by atoms with E-state index < -0.39 is 10.0 Å². The lowest BCUT2D eigenvalue weighted by atomic mass is 10.1. The first-order chi connectivity index (χ1) is 12.8. The van der Waals surface area contributed by atoms with Crippen LogP contribution in [0.4, 0.5) is 5.69 Å². The molecule has 0 aromatic heterocycles. The van der Waals surface area contributed by atoms with Gasteiger partial charge >= 0.3 is 0 Å². The lowest BCUT2D eigenvalue weighted by Crippen LogP contribution is -2.36. The minimum absolute atomic E-state index is 0.0628. The molecule has 0 atom stereocenters. The van der Waals surface area contributed by atoms with Crippen molar-refractivity contribution in [3.8, 4) is 0 Å². The van der Waals surface area contributed by atoms with E-state index in [0.717, 1.165) is 43.5 Å². The molecule has 1 aliphatic heterocycles. The van der Waals surface area contributed by atoms with Crippen LogP contribution in [-0.4, -0.2) is 32.3 Å². The minimum Gasteiger partial charge on any atom is -0.339 e. The normalized spacial score (nSPS) is 14.9. The van der Waals surface area contributed by atoms with Crippen LogP contribution in [0.1, 0.15) is 40.7 Å². The predicted molar refractivity (Wildman–Crippen MR) is 108 cm³/mol. The number of hydrogen-bond donors (Lipinski definition) is 1. The summed E-state index contributed by atoms with van der Waals surface area (Å²) in [4.78, 5) is 14.7. The van der Waals surface area contributed by atoms with Gasteiger partial charge in [0.2, 0.25) is 0 Å². The molecule has 1 N–H and O–H groups in total. The van der Waals surface area contributed by atoms with E-state index in [0.29, 0.717) is 16.3 Å². The average molecular weight is 407 g/mol. The summed E-state index contributed by atoms with van der Waals surface area (Å²) in [5.74, 6) is -0.108. The molecule has 0 radical (unpaired) electrons. The Kier molecular flexibility index (Phi) is 5.77. The Bertz CT molecular complexity index is 967. The van der Waals surface area contributed by atoms with Crippen molar-refractivity contribution < 1.29 is 13.2 Å². The second kappa shape index (κ2) is 7.90. The van der Waals surface area contributed by atoms with Crippen LogP contribution < -0.4 is 4.72 Å². The third-order valence-electron chi connectivity index (χ3n) is 4.84. The fraction of sp³-hybridized carbons (Fsp3) is 0.350. The molecule has 2 aromatic carbocycles. The van der Waals surface area contributed by atoms with Crippen molar-refractivity contribution >= 4 is 33.2 Å². The Morgan fingerprint density at radius 3 is 2.37 bits per heavy atom. The van der Waals surface area contributed by atoms with Gasteiger partial charge in [0.1, 0.15) is 0 Å². The van der Waals surface area contributed by atoms with Crippen LogP contribution in [0.5, 0.6) is 0 Å². The van der Waals surface area contributed by atoms with E-state index in [-0.39, 0.29) is 10.8 Å². The first kappa shape index (κ1) is 19.7. The summed E-state index contributed by atoms with van der Waals surface area (Å²) >= 11 is 5.98. The number of piperidine rings is 1. The first-order valence-corrected chi connectivity index (χ1v) is 10.8. The highest BCUT2D eigenvalue weighted by Crippen LogP contribution is 2.25. The number of carbonyl (C=O) groups is 1. The number of hydrogen-bond acceptors (Lipinski definition) is 3. The van der Waals surface area contributed by atoms with Crippen molar-refractivity contribution in [1.29, 1.82) is 0 Å². The monoisotopic (exact) mass is 406 g/mol. The van der Waals surface area contributed by atoms with Gasteiger partial charge in [-0.1, -0.05) is 23.7 Å². The molecule has 2 aromatic rings. The molecule has 1 heterocycles. The molecular weight excluding hydrogens is 384 g/mol. The summed E-state index contributed by atoms with van der Waals surface area (Å²) in [7, 11) is -3.84. The molecule has 0 saturated carbocycles. The molecule has 5 nitrogen and oxygen atoms in total. The van der Waals surface area contributed by atoms with Crippen molar-refractivity contribution in [3.63, 3.8) is 0 Å². The molecule has 1 saturated heterocycles. The number of amides is 1. The number of nitrogens with zero attached hydrogens (tertiary/aromatic N) is 1. The average Bonchev–Trinajstić information content (AvgIpc) is 2.65. The maximum atomic E-state index is 12.9. The largest absolute Gasteiger partial charge is 0.339 e. The van der Waals surface area contributed by atoms with Crippen LogP contribution in [0.2, 0.25) is 5.02 Å². The maximum Gasteiger partial charge on any atom is 0.261 e. The Morgan fingerprint density at radius 2 is 1.67 bits per heavy atom. The quantitative estimate of drug-likeness (QED) is 0.819.